The predicted octanol–water partition coefficient (Wildman–Crippen LogP) is 5.41. The third-order valence-corrected chi connectivity index (χ3v) is 6.89. The molecular formula is C28H23ClN6O2. The van der Waals surface area contributed by atoms with Crippen molar-refractivity contribution in [2.45, 2.75) is 25.3 Å². The summed E-state index contributed by atoms with van der Waals surface area (Å²) in [6.07, 6.45) is 5.47. The molecule has 6 rings (SSSR count). The molecule has 1 fully saturated rings. The molecule has 1 saturated heterocycles. The number of amides is 2. The molecule has 1 unspecified atom stereocenters. The van der Waals surface area contributed by atoms with Gasteiger partial charge in [-0.05, 0) is 67.4 Å². The number of aromatic nitrogens is 3. The number of hydrogen-bond acceptors (Lipinski definition) is 6. The van der Waals surface area contributed by atoms with Gasteiger partial charge in [0, 0.05) is 46.3 Å². The van der Waals surface area contributed by atoms with Crippen molar-refractivity contribution in [2.75, 3.05) is 17.2 Å². The third kappa shape index (κ3) is 4.63. The highest BCUT2D eigenvalue weighted by molar-refractivity contribution is 6.31. The second-order valence-corrected chi connectivity index (χ2v) is 9.53. The maximum Gasteiger partial charge on any atom is 0.254 e. The first-order valence-electron chi connectivity index (χ1n) is 12.1. The molecule has 0 saturated carbocycles. The van der Waals surface area contributed by atoms with Crippen molar-refractivity contribution in [2.24, 2.45) is 0 Å². The number of likely N-dealkylation sites (tertiary alicyclic amines) is 1. The topological polar surface area (TPSA) is 100 Å². The number of carbonyl (C=O) groups is 2. The molecule has 2 N–H and O–H groups in total. The Hall–Kier alpha value is -4.30. The van der Waals surface area contributed by atoms with Crippen LogP contribution in [0.4, 0.5) is 17.3 Å². The lowest BCUT2D eigenvalue weighted by Gasteiger charge is -2.24. The lowest BCUT2D eigenvalue weighted by molar-refractivity contribution is -0.115. The second kappa shape index (κ2) is 9.63. The zero-order chi connectivity index (χ0) is 25.4. The molecule has 2 amide bonds. The maximum atomic E-state index is 13.3. The first-order chi connectivity index (χ1) is 18.0. The van der Waals surface area contributed by atoms with Crippen LogP contribution in [0.3, 0.4) is 0 Å². The van der Waals surface area contributed by atoms with E-state index in [4.69, 9.17) is 16.6 Å². The summed E-state index contributed by atoms with van der Waals surface area (Å²) in [4.78, 5) is 41.1. The van der Waals surface area contributed by atoms with Crippen LogP contribution in [0, 0.1) is 0 Å². The van der Waals surface area contributed by atoms with Gasteiger partial charge >= 0.3 is 0 Å². The van der Waals surface area contributed by atoms with Gasteiger partial charge in [-0.25, -0.2) is 9.97 Å². The van der Waals surface area contributed by atoms with Crippen molar-refractivity contribution in [1.82, 2.24) is 19.9 Å². The van der Waals surface area contributed by atoms with E-state index in [2.05, 4.69) is 20.6 Å². The van der Waals surface area contributed by atoms with Crippen LogP contribution < -0.4 is 10.6 Å². The summed E-state index contributed by atoms with van der Waals surface area (Å²) in [6, 6.07) is 18.4. The summed E-state index contributed by atoms with van der Waals surface area (Å²) in [5.74, 6) is 0.242. The van der Waals surface area contributed by atoms with Crippen LogP contribution in [0.25, 0.3) is 11.3 Å². The Balaban J connectivity index is 1.22. The van der Waals surface area contributed by atoms with E-state index >= 15 is 0 Å². The predicted molar refractivity (Wildman–Crippen MR) is 142 cm³/mol. The smallest absolute Gasteiger partial charge is 0.254 e. The number of rotatable bonds is 4. The molecule has 4 aromatic rings. The van der Waals surface area contributed by atoms with Crippen molar-refractivity contribution >= 4 is 40.7 Å². The molecule has 0 spiro atoms. The van der Waals surface area contributed by atoms with Crippen LogP contribution in [-0.4, -0.2) is 38.2 Å². The number of halogens is 1. The molecule has 4 heterocycles. The van der Waals surface area contributed by atoms with Gasteiger partial charge in [-0.1, -0.05) is 17.7 Å². The molecule has 9 heteroatoms. The molecule has 0 bridgehead atoms. The van der Waals surface area contributed by atoms with Gasteiger partial charge < -0.3 is 15.5 Å². The van der Waals surface area contributed by atoms with Gasteiger partial charge in [0.15, 0.2) is 0 Å². The van der Waals surface area contributed by atoms with E-state index in [1.807, 2.05) is 53.4 Å². The summed E-state index contributed by atoms with van der Waals surface area (Å²) >= 11 is 6.13. The molecule has 2 aromatic carbocycles. The molecule has 2 aliphatic heterocycles. The van der Waals surface area contributed by atoms with Gasteiger partial charge in [0.05, 0.1) is 29.5 Å². The molecule has 0 radical (unpaired) electrons. The van der Waals surface area contributed by atoms with Gasteiger partial charge in [0.2, 0.25) is 11.9 Å². The van der Waals surface area contributed by atoms with Crippen LogP contribution in [0.2, 0.25) is 5.02 Å². The fourth-order valence-electron chi connectivity index (χ4n) is 4.90. The number of nitrogens with zero attached hydrogens (tertiary/aromatic N) is 4. The summed E-state index contributed by atoms with van der Waals surface area (Å²) < 4.78 is 0. The minimum absolute atomic E-state index is 0.00129. The summed E-state index contributed by atoms with van der Waals surface area (Å²) in [5, 5.41) is 6.62. The van der Waals surface area contributed by atoms with E-state index in [0.29, 0.717) is 34.5 Å². The van der Waals surface area contributed by atoms with Crippen LogP contribution >= 0.6 is 11.6 Å². The zero-order valence-corrected chi connectivity index (χ0v) is 20.6. The van der Waals surface area contributed by atoms with Crippen LogP contribution in [0.15, 0.2) is 73.1 Å². The number of carbonyl (C=O) groups excluding carboxylic acids is 2. The molecule has 8 nitrogen and oxygen atoms in total. The number of anilines is 3. The molecule has 2 aliphatic rings. The van der Waals surface area contributed by atoms with Gasteiger partial charge in [-0.15, -0.1) is 0 Å². The monoisotopic (exact) mass is 510 g/mol. The second-order valence-electron chi connectivity index (χ2n) is 9.10. The Bertz CT molecular complexity index is 1490. The summed E-state index contributed by atoms with van der Waals surface area (Å²) in [6.45, 7) is 0.715. The fraction of sp³-hybridized carbons (Fsp3) is 0.179. The van der Waals surface area contributed by atoms with E-state index in [1.165, 1.54) is 0 Å². The highest BCUT2D eigenvalue weighted by Gasteiger charge is 2.31. The normalized spacial score (nSPS) is 16.4. The standard InChI is InChI=1S/C28H23ClN6O2/c29-19-8-11-21-23(15-19)33-25(36)14-18-16-31-28(34-26(18)21)32-20-9-6-17(7-10-20)27(37)35-13-3-5-24(35)22-4-1-2-12-30-22/h1-2,4,6-12,15-16,24H,3,5,13-14H2,(H,33,36)(H,31,32,34). The number of hydrogen-bond donors (Lipinski definition) is 2. The average Bonchev–Trinajstić information content (AvgIpc) is 3.35. The van der Waals surface area contributed by atoms with Crippen molar-refractivity contribution in [3.63, 3.8) is 0 Å². The zero-order valence-electron chi connectivity index (χ0n) is 19.8. The Morgan fingerprint density at radius 2 is 1.95 bits per heavy atom. The third-order valence-electron chi connectivity index (χ3n) is 6.66. The lowest BCUT2D eigenvalue weighted by Crippen LogP contribution is -2.30. The number of nitrogens with one attached hydrogen (secondary N) is 2. The first kappa shape index (κ1) is 23.1. The highest BCUT2D eigenvalue weighted by atomic mass is 35.5. The molecule has 37 heavy (non-hydrogen) atoms. The van der Waals surface area contributed by atoms with Crippen molar-refractivity contribution in [3.05, 3.63) is 94.9 Å². The van der Waals surface area contributed by atoms with E-state index in [9.17, 15) is 9.59 Å². The quantitative estimate of drug-likeness (QED) is 0.381. The van der Waals surface area contributed by atoms with Crippen molar-refractivity contribution in [3.8, 4) is 11.3 Å². The molecule has 0 aliphatic carbocycles. The summed E-state index contributed by atoms with van der Waals surface area (Å²) in [5.41, 5.74) is 5.10. The molecular weight excluding hydrogens is 488 g/mol. The molecule has 1 atom stereocenters. The van der Waals surface area contributed by atoms with Crippen LogP contribution in [0.1, 0.15) is 40.5 Å². The SMILES string of the molecule is O=C1Cc2cnc(Nc3ccc(C(=O)N4CCCC4c4ccccn4)cc3)nc2-c2ccc(Cl)cc2N1. The van der Waals surface area contributed by atoms with Crippen molar-refractivity contribution in [1.29, 1.82) is 0 Å². The first-order valence-corrected chi connectivity index (χ1v) is 12.5. The van der Waals surface area contributed by atoms with Gasteiger partial charge in [-0.2, -0.15) is 0 Å². The Labute approximate surface area is 218 Å². The van der Waals surface area contributed by atoms with E-state index in [-0.39, 0.29) is 24.3 Å². The van der Waals surface area contributed by atoms with E-state index in [0.717, 1.165) is 35.3 Å². The number of fused-ring (bicyclic) bond motifs is 3. The summed E-state index contributed by atoms with van der Waals surface area (Å²) in [7, 11) is 0. The Morgan fingerprint density at radius 1 is 1.08 bits per heavy atom. The van der Waals surface area contributed by atoms with Crippen LogP contribution in [0.5, 0.6) is 0 Å². The van der Waals surface area contributed by atoms with Gasteiger partial charge in [0.25, 0.3) is 5.91 Å². The number of pyridine rings is 1. The minimum atomic E-state index is -0.143. The minimum Gasteiger partial charge on any atom is -0.330 e. The average molecular weight is 511 g/mol. The van der Waals surface area contributed by atoms with Crippen molar-refractivity contribution < 1.29 is 9.59 Å². The molecule has 2 aromatic heterocycles. The lowest BCUT2D eigenvalue weighted by atomic mass is 10.1. The van der Waals surface area contributed by atoms with Crippen LogP contribution in [-0.2, 0) is 11.2 Å². The van der Waals surface area contributed by atoms with Gasteiger partial charge in [-0.3, -0.25) is 14.6 Å². The Kier molecular flexibility index (Phi) is 6.02. The van der Waals surface area contributed by atoms with E-state index in [1.54, 1.807) is 24.5 Å². The largest absolute Gasteiger partial charge is 0.330 e. The fourth-order valence-corrected chi connectivity index (χ4v) is 5.08. The molecule has 184 valence electrons. The Morgan fingerprint density at radius 3 is 2.76 bits per heavy atom. The number of benzene rings is 2. The highest BCUT2D eigenvalue weighted by Crippen LogP contribution is 2.35. The maximum absolute atomic E-state index is 13.3. The van der Waals surface area contributed by atoms with E-state index < -0.39 is 0 Å². The van der Waals surface area contributed by atoms with Gasteiger partial charge in [0.1, 0.15) is 0 Å².